The molecule has 0 fully saturated rings. The van der Waals surface area contributed by atoms with Crippen molar-refractivity contribution in [3.63, 3.8) is 0 Å². The summed E-state index contributed by atoms with van der Waals surface area (Å²) in [6.07, 6.45) is -0.0680. The first kappa shape index (κ1) is 15.3. The monoisotopic (exact) mass is 270 g/mol. The number of carboxylic acid groups (broad SMARTS) is 1. The van der Waals surface area contributed by atoms with Gasteiger partial charge in [0.05, 0.1) is 20.6 Å². The van der Waals surface area contributed by atoms with Crippen molar-refractivity contribution in [1.29, 1.82) is 0 Å². The summed E-state index contributed by atoms with van der Waals surface area (Å²) in [5, 5.41) is 8.96. The van der Waals surface area contributed by atoms with Crippen LogP contribution in [0.5, 0.6) is 11.5 Å². The molecular formula is C14H19FO4. The van der Waals surface area contributed by atoms with Crippen LogP contribution < -0.4 is 9.47 Å². The van der Waals surface area contributed by atoms with Crippen molar-refractivity contribution in [2.45, 2.75) is 32.4 Å². The Bertz CT molecular complexity index is 469. The van der Waals surface area contributed by atoms with E-state index < -0.39 is 18.1 Å². The van der Waals surface area contributed by atoms with Crippen molar-refractivity contribution in [3.05, 3.63) is 23.3 Å². The van der Waals surface area contributed by atoms with Crippen molar-refractivity contribution < 1.29 is 23.8 Å². The highest BCUT2D eigenvalue weighted by Gasteiger charge is 2.28. The quantitative estimate of drug-likeness (QED) is 0.863. The van der Waals surface area contributed by atoms with E-state index in [2.05, 4.69) is 0 Å². The van der Waals surface area contributed by atoms with Crippen LogP contribution in [0.4, 0.5) is 4.39 Å². The lowest BCUT2D eigenvalue weighted by Crippen LogP contribution is -2.22. The van der Waals surface area contributed by atoms with Crippen LogP contribution in [0.2, 0.25) is 0 Å². The number of halogens is 1. The average molecular weight is 270 g/mol. The van der Waals surface area contributed by atoms with Gasteiger partial charge >= 0.3 is 5.97 Å². The first-order chi connectivity index (χ1) is 8.85. The maximum absolute atomic E-state index is 13.0. The summed E-state index contributed by atoms with van der Waals surface area (Å²) in [5.41, 5.74) is 0.385. The normalized spacial score (nSPS) is 11.2. The molecule has 1 rings (SSSR count). The molecule has 0 bridgehead atoms. The summed E-state index contributed by atoms with van der Waals surface area (Å²) >= 11 is 0. The Morgan fingerprint density at radius 2 is 1.84 bits per heavy atom. The SMILES string of the molecule is COc1cc(OC)c(C(C)(C)CC(=O)O)cc1CF. The molecule has 0 aliphatic carbocycles. The van der Waals surface area contributed by atoms with E-state index in [-0.39, 0.29) is 6.42 Å². The van der Waals surface area contributed by atoms with Crippen molar-refractivity contribution in [3.8, 4) is 11.5 Å². The Morgan fingerprint density at radius 1 is 1.26 bits per heavy atom. The highest BCUT2D eigenvalue weighted by molar-refractivity contribution is 5.69. The van der Waals surface area contributed by atoms with Crippen molar-refractivity contribution in [2.24, 2.45) is 0 Å². The minimum absolute atomic E-state index is 0.0680. The molecular weight excluding hydrogens is 251 g/mol. The van der Waals surface area contributed by atoms with Gasteiger partial charge in [-0.25, -0.2) is 4.39 Å². The fourth-order valence-corrected chi connectivity index (χ4v) is 2.07. The smallest absolute Gasteiger partial charge is 0.304 e. The first-order valence-corrected chi connectivity index (χ1v) is 5.89. The molecule has 0 saturated heterocycles. The van der Waals surface area contributed by atoms with Crippen LogP contribution in [0.15, 0.2) is 12.1 Å². The molecule has 1 N–H and O–H groups in total. The molecule has 5 heteroatoms. The van der Waals surface area contributed by atoms with Gasteiger partial charge in [-0.05, 0) is 6.07 Å². The molecule has 0 radical (unpaired) electrons. The zero-order valence-electron chi connectivity index (χ0n) is 11.6. The molecule has 1 aromatic rings. The van der Waals surface area contributed by atoms with E-state index in [1.807, 2.05) is 0 Å². The molecule has 0 aliphatic rings. The molecule has 4 nitrogen and oxygen atoms in total. The molecule has 0 atom stereocenters. The minimum atomic E-state index is -0.912. The number of alkyl halides is 1. The summed E-state index contributed by atoms with van der Waals surface area (Å²) < 4.78 is 23.4. The van der Waals surface area contributed by atoms with E-state index in [1.165, 1.54) is 14.2 Å². The van der Waals surface area contributed by atoms with Gasteiger partial charge in [0.15, 0.2) is 0 Å². The Labute approximate surface area is 112 Å². The summed E-state index contributed by atoms with van der Waals surface area (Å²) in [6, 6.07) is 3.20. The summed E-state index contributed by atoms with van der Waals surface area (Å²) in [6.45, 7) is 2.89. The van der Waals surface area contributed by atoms with Gasteiger partial charge in [0.2, 0.25) is 0 Å². The van der Waals surface area contributed by atoms with Gasteiger partial charge in [-0.15, -0.1) is 0 Å². The maximum atomic E-state index is 13.0. The standard InChI is InChI=1S/C14H19FO4/c1-14(2,7-13(16)17)10-5-9(8-15)11(18-3)6-12(10)19-4/h5-6H,7-8H2,1-4H3,(H,16,17). The van der Waals surface area contributed by atoms with E-state index in [4.69, 9.17) is 14.6 Å². The fourth-order valence-electron chi connectivity index (χ4n) is 2.07. The summed E-state index contributed by atoms with van der Waals surface area (Å²) in [7, 11) is 2.94. The van der Waals surface area contributed by atoms with Crippen LogP contribution in [0.3, 0.4) is 0 Å². The molecule has 0 unspecified atom stereocenters. The zero-order valence-corrected chi connectivity index (χ0v) is 11.6. The topological polar surface area (TPSA) is 55.8 Å². The molecule has 0 heterocycles. The van der Waals surface area contributed by atoms with Gasteiger partial charge in [-0.3, -0.25) is 4.79 Å². The van der Waals surface area contributed by atoms with Crippen molar-refractivity contribution in [1.82, 2.24) is 0 Å². The van der Waals surface area contributed by atoms with Crippen LogP contribution in [-0.2, 0) is 16.9 Å². The van der Waals surface area contributed by atoms with Crippen LogP contribution in [-0.4, -0.2) is 25.3 Å². The van der Waals surface area contributed by atoms with Crippen molar-refractivity contribution >= 4 is 5.97 Å². The lowest BCUT2D eigenvalue weighted by atomic mass is 9.80. The third kappa shape index (κ3) is 3.36. The van der Waals surface area contributed by atoms with E-state index in [9.17, 15) is 9.18 Å². The number of benzene rings is 1. The number of aliphatic carboxylic acids is 1. The number of carboxylic acids is 1. The van der Waals surface area contributed by atoms with Gasteiger partial charge in [-0.2, -0.15) is 0 Å². The summed E-state index contributed by atoms with van der Waals surface area (Å²) in [5.74, 6) is -0.0146. The van der Waals surface area contributed by atoms with Gasteiger partial charge in [0.25, 0.3) is 0 Å². The number of rotatable bonds is 6. The number of ether oxygens (including phenoxy) is 2. The first-order valence-electron chi connectivity index (χ1n) is 5.89. The number of hydrogen-bond acceptors (Lipinski definition) is 3. The molecule has 0 saturated carbocycles. The minimum Gasteiger partial charge on any atom is -0.496 e. The average Bonchev–Trinajstić information content (AvgIpc) is 2.35. The van der Waals surface area contributed by atoms with Gasteiger partial charge in [0.1, 0.15) is 18.2 Å². The molecule has 1 aromatic carbocycles. The molecule has 0 aliphatic heterocycles. The van der Waals surface area contributed by atoms with Gasteiger partial charge in [0, 0.05) is 22.6 Å². The fraction of sp³-hybridized carbons (Fsp3) is 0.500. The van der Waals surface area contributed by atoms with Gasteiger partial charge < -0.3 is 14.6 Å². The molecule has 0 amide bonds. The van der Waals surface area contributed by atoms with E-state index >= 15 is 0 Å². The number of hydrogen-bond donors (Lipinski definition) is 1. The molecule has 0 aromatic heterocycles. The molecule has 0 spiro atoms. The third-order valence-electron chi connectivity index (χ3n) is 3.07. The van der Waals surface area contributed by atoms with E-state index in [0.29, 0.717) is 22.6 Å². The highest BCUT2D eigenvalue weighted by Crippen LogP contribution is 2.38. The van der Waals surface area contributed by atoms with Crippen LogP contribution in [0.25, 0.3) is 0 Å². The van der Waals surface area contributed by atoms with Crippen LogP contribution in [0, 0.1) is 0 Å². The lowest BCUT2D eigenvalue weighted by molar-refractivity contribution is -0.138. The van der Waals surface area contributed by atoms with Crippen molar-refractivity contribution in [2.75, 3.05) is 14.2 Å². The van der Waals surface area contributed by atoms with Gasteiger partial charge in [-0.1, -0.05) is 13.8 Å². The van der Waals surface area contributed by atoms with E-state index in [1.54, 1.807) is 26.0 Å². The van der Waals surface area contributed by atoms with E-state index in [0.717, 1.165) is 0 Å². The molecule has 19 heavy (non-hydrogen) atoms. The highest BCUT2D eigenvalue weighted by atomic mass is 19.1. The maximum Gasteiger partial charge on any atom is 0.304 e. The van der Waals surface area contributed by atoms with Crippen LogP contribution >= 0.6 is 0 Å². The predicted molar refractivity (Wildman–Crippen MR) is 69.6 cm³/mol. The number of carbonyl (C=O) groups is 1. The Kier molecular flexibility index (Phi) is 4.75. The second kappa shape index (κ2) is 5.91. The Hall–Kier alpha value is -1.78. The third-order valence-corrected chi connectivity index (χ3v) is 3.07. The largest absolute Gasteiger partial charge is 0.496 e. The Morgan fingerprint density at radius 3 is 2.26 bits per heavy atom. The Balaban J connectivity index is 3.36. The second-order valence-corrected chi connectivity index (χ2v) is 4.95. The second-order valence-electron chi connectivity index (χ2n) is 4.95. The lowest BCUT2D eigenvalue weighted by Gasteiger charge is -2.26. The zero-order chi connectivity index (χ0) is 14.6. The summed E-state index contributed by atoms with van der Waals surface area (Å²) in [4.78, 5) is 10.9. The predicted octanol–water partition coefficient (Wildman–Crippen LogP) is 2.93. The number of methoxy groups -OCH3 is 2. The van der Waals surface area contributed by atoms with Crippen LogP contribution in [0.1, 0.15) is 31.4 Å². The molecule has 106 valence electrons.